The number of esters is 2. The van der Waals surface area contributed by atoms with E-state index in [1.165, 1.54) is 72.8 Å². The molecule has 3 aromatic carbocycles. The maximum Gasteiger partial charge on any atom is 0.354 e. The summed E-state index contributed by atoms with van der Waals surface area (Å²) in [5.74, 6) is -10.2. The van der Waals surface area contributed by atoms with Crippen molar-refractivity contribution in [3.8, 4) is 0 Å². The van der Waals surface area contributed by atoms with E-state index in [-0.39, 0.29) is 16.7 Å². The molecule has 0 amide bonds. The van der Waals surface area contributed by atoms with Gasteiger partial charge in [-0.05, 0) is 24.3 Å². The Morgan fingerprint density at radius 2 is 1.19 bits per heavy atom. The van der Waals surface area contributed by atoms with Crippen LogP contribution in [0.15, 0.2) is 108 Å². The number of alkyl halides is 1. The third-order valence-corrected chi connectivity index (χ3v) is 5.52. The molecule has 9 heteroatoms. The monoisotopic (exact) mass is 502 g/mol. The van der Waals surface area contributed by atoms with Crippen LogP contribution in [-0.4, -0.2) is 45.9 Å². The topological polar surface area (TPSA) is 127 Å². The van der Waals surface area contributed by atoms with Crippen LogP contribution in [0.25, 0.3) is 5.76 Å². The fraction of sp³-hybridized carbons (Fsp3) is 0.0714. The molecule has 2 unspecified atom stereocenters. The third-order valence-electron chi connectivity index (χ3n) is 5.52. The van der Waals surface area contributed by atoms with Crippen LogP contribution in [0.5, 0.6) is 0 Å². The number of ether oxygens (including phenoxy) is 2. The summed E-state index contributed by atoms with van der Waals surface area (Å²) < 4.78 is 26.8. The Hall–Kier alpha value is -5.05. The van der Waals surface area contributed by atoms with Crippen molar-refractivity contribution < 1.29 is 43.3 Å². The number of aliphatic hydroxyl groups is 1. The number of carboxylic acid groups (broad SMARTS) is 1. The predicted molar refractivity (Wildman–Crippen MR) is 128 cm³/mol. The number of halogens is 1. The maximum atomic E-state index is 16.6. The van der Waals surface area contributed by atoms with E-state index in [4.69, 9.17) is 9.47 Å². The number of aliphatic carboxylic acids is 1. The van der Waals surface area contributed by atoms with Crippen LogP contribution in [0.1, 0.15) is 26.3 Å². The first-order valence-electron chi connectivity index (χ1n) is 10.9. The lowest BCUT2D eigenvalue weighted by Gasteiger charge is -2.35. The van der Waals surface area contributed by atoms with Crippen molar-refractivity contribution in [2.24, 2.45) is 0 Å². The molecular formula is C28H19FO8. The minimum Gasteiger partial charge on any atom is -0.507 e. The number of carboxylic acids is 1. The molecule has 0 spiro atoms. The molecule has 2 N–H and O–H groups in total. The van der Waals surface area contributed by atoms with Crippen LogP contribution in [0.3, 0.4) is 0 Å². The minimum atomic E-state index is -3.70. The summed E-state index contributed by atoms with van der Waals surface area (Å²) in [4.78, 5) is 50.7. The Kier molecular flexibility index (Phi) is 6.97. The fourth-order valence-corrected chi connectivity index (χ4v) is 3.70. The van der Waals surface area contributed by atoms with Gasteiger partial charge in [-0.15, -0.1) is 0 Å². The largest absolute Gasteiger partial charge is 0.507 e. The van der Waals surface area contributed by atoms with Crippen LogP contribution in [0, 0.1) is 0 Å². The first kappa shape index (κ1) is 25.1. The number of rotatable bonds is 6. The number of benzene rings is 3. The van der Waals surface area contributed by atoms with Gasteiger partial charge in [0.1, 0.15) is 5.76 Å². The van der Waals surface area contributed by atoms with Crippen molar-refractivity contribution >= 4 is 29.5 Å². The van der Waals surface area contributed by atoms with E-state index in [1.807, 2.05) is 0 Å². The van der Waals surface area contributed by atoms with Crippen LogP contribution >= 0.6 is 0 Å². The lowest BCUT2D eigenvalue weighted by Crippen LogP contribution is -2.54. The lowest BCUT2D eigenvalue weighted by molar-refractivity contribution is -0.178. The molecule has 0 aliphatic heterocycles. The second kappa shape index (κ2) is 10.3. The summed E-state index contributed by atoms with van der Waals surface area (Å²) in [7, 11) is 0. The Bertz CT molecular complexity index is 1410. The molecule has 0 heterocycles. The molecule has 4 rings (SSSR count). The normalized spacial score (nSPS) is 20.4. The molecule has 0 aromatic heterocycles. The maximum absolute atomic E-state index is 16.6. The molecule has 8 nitrogen and oxygen atoms in total. The lowest BCUT2D eigenvalue weighted by atomic mass is 9.83. The summed E-state index contributed by atoms with van der Waals surface area (Å²) >= 11 is 0. The van der Waals surface area contributed by atoms with Crippen molar-refractivity contribution in [2.45, 2.75) is 12.0 Å². The van der Waals surface area contributed by atoms with E-state index in [0.29, 0.717) is 6.08 Å². The second-order valence-electron chi connectivity index (χ2n) is 7.91. The molecular weight excluding hydrogens is 483 g/mol. The highest BCUT2D eigenvalue weighted by molar-refractivity contribution is 6.10. The highest BCUT2D eigenvalue weighted by atomic mass is 19.2. The van der Waals surface area contributed by atoms with E-state index in [2.05, 4.69) is 0 Å². The molecule has 37 heavy (non-hydrogen) atoms. The summed E-state index contributed by atoms with van der Waals surface area (Å²) in [6.45, 7) is 0. The summed E-state index contributed by atoms with van der Waals surface area (Å²) in [6, 6.07) is 21.9. The molecule has 2 atom stereocenters. The Morgan fingerprint density at radius 1 is 0.730 bits per heavy atom. The van der Waals surface area contributed by atoms with Crippen LogP contribution in [0.4, 0.5) is 4.39 Å². The van der Waals surface area contributed by atoms with Gasteiger partial charge in [0, 0.05) is 11.6 Å². The van der Waals surface area contributed by atoms with Gasteiger partial charge in [0.15, 0.2) is 0 Å². The van der Waals surface area contributed by atoms with Crippen molar-refractivity contribution in [3.63, 3.8) is 0 Å². The average Bonchev–Trinajstić information content (AvgIpc) is 2.92. The summed E-state index contributed by atoms with van der Waals surface area (Å²) in [5, 5.41) is 20.8. The van der Waals surface area contributed by atoms with E-state index < -0.39 is 52.6 Å². The van der Waals surface area contributed by atoms with Gasteiger partial charge < -0.3 is 19.7 Å². The van der Waals surface area contributed by atoms with Crippen LogP contribution < -0.4 is 0 Å². The van der Waals surface area contributed by atoms with Gasteiger partial charge in [-0.2, -0.15) is 4.39 Å². The van der Waals surface area contributed by atoms with Crippen molar-refractivity contribution in [3.05, 3.63) is 125 Å². The van der Waals surface area contributed by atoms with Gasteiger partial charge >= 0.3 is 23.8 Å². The molecule has 1 aliphatic carbocycles. The molecule has 186 valence electrons. The van der Waals surface area contributed by atoms with Crippen LogP contribution in [0.2, 0.25) is 0 Å². The predicted octanol–water partition coefficient (Wildman–Crippen LogP) is 4.30. The van der Waals surface area contributed by atoms with Gasteiger partial charge in [0.25, 0.3) is 0 Å². The summed E-state index contributed by atoms with van der Waals surface area (Å²) in [5.41, 5.74) is -1.73. The molecule has 0 bridgehead atoms. The highest BCUT2D eigenvalue weighted by Crippen LogP contribution is 2.40. The van der Waals surface area contributed by atoms with Crippen LogP contribution in [-0.2, 0) is 19.1 Å². The van der Waals surface area contributed by atoms with E-state index in [0.717, 1.165) is 0 Å². The van der Waals surface area contributed by atoms with Crippen molar-refractivity contribution in [1.82, 2.24) is 0 Å². The molecule has 0 saturated heterocycles. The Balaban J connectivity index is 1.90. The van der Waals surface area contributed by atoms with E-state index in [9.17, 15) is 29.4 Å². The Morgan fingerprint density at radius 3 is 1.68 bits per heavy atom. The zero-order valence-electron chi connectivity index (χ0n) is 19.0. The zero-order valence-corrected chi connectivity index (χ0v) is 19.0. The number of hydrogen-bond acceptors (Lipinski definition) is 7. The number of carbonyl (C=O) groups is 4. The third kappa shape index (κ3) is 5.01. The van der Waals surface area contributed by atoms with Gasteiger partial charge in [-0.25, -0.2) is 14.4 Å². The first-order valence-corrected chi connectivity index (χ1v) is 10.9. The number of ketones is 1. The molecule has 3 aromatic rings. The second-order valence-corrected chi connectivity index (χ2v) is 7.91. The fourth-order valence-electron chi connectivity index (χ4n) is 3.70. The van der Waals surface area contributed by atoms with Gasteiger partial charge in [-0.1, -0.05) is 66.7 Å². The highest BCUT2D eigenvalue weighted by Gasteiger charge is 2.59. The van der Waals surface area contributed by atoms with Crippen molar-refractivity contribution in [2.75, 3.05) is 0 Å². The van der Waals surface area contributed by atoms with Gasteiger partial charge in [0.2, 0.25) is 11.9 Å². The van der Waals surface area contributed by atoms with Crippen molar-refractivity contribution in [1.29, 1.82) is 0 Å². The summed E-state index contributed by atoms with van der Waals surface area (Å²) in [6.07, 6.45) is -2.07. The molecule has 0 fully saturated rings. The molecule has 1 aliphatic rings. The minimum absolute atomic E-state index is 0.0384. The SMILES string of the molecule is O=C(O)C1=CC(=O)C(F)(OC(=O)c2ccccc2)C(OC(=O)c2ccccc2)C1=C(O)c1ccccc1. The number of carbonyl (C=O) groups excluding carboxylic acids is 3. The number of hydrogen-bond donors (Lipinski definition) is 2. The zero-order chi connectivity index (χ0) is 26.6. The molecule has 0 radical (unpaired) electrons. The quantitative estimate of drug-likeness (QED) is 0.377. The van der Waals surface area contributed by atoms with Gasteiger partial charge in [0.05, 0.1) is 22.3 Å². The first-order chi connectivity index (χ1) is 17.7. The standard InChI is InChI=1S/C28H19FO8/c29-28(37-27(35)19-14-8-3-9-15-19)21(30)16-20(25(32)33)22(23(31)17-10-4-1-5-11-17)24(28)36-26(34)18-12-6-2-7-13-18/h1-16,24,31H,(H,32,33). The van der Waals surface area contributed by atoms with E-state index >= 15 is 4.39 Å². The van der Waals surface area contributed by atoms with Gasteiger partial charge in [-0.3, -0.25) is 4.79 Å². The number of aliphatic hydroxyl groups excluding tert-OH is 1. The smallest absolute Gasteiger partial charge is 0.354 e. The average molecular weight is 502 g/mol. The Labute approximate surface area is 209 Å². The molecule has 0 saturated carbocycles. The van der Waals surface area contributed by atoms with E-state index in [1.54, 1.807) is 18.2 Å².